The lowest BCUT2D eigenvalue weighted by atomic mass is 9.80. The van der Waals surface area contributed by atoms with Crippen molar-refractivity contribution >= 4 is 0 Å². The van der Waals surface area contributed by atoms with Gasteiger partial charge in [-0.05, 0) is 89.4 Å². The van der Waals surface area contributed by atoms with Crippen LogP contribution in [0.1, 0.15) is 136 Å². The number of phenolic OH excluding ortho intramolecular Hbond substituents is 4. The second-order valence-electron chi connectivity index (χ2n) is 16.5. The number of rotatable bonds is 1. The summed E-state index contributed by atoms with van der Waals surface area (Å²) >= 11 is 0. The van der Waals surface area contributed by atoms with Crippen LogP contribution in [0.4, 0.5) is 0 Å². The summed E-state index contributed by atoms with van der Waals surface area (Å²) in [7, 11) is 0. The van der Waals surface area contributed by atoms with Crippen molar-refractivity contribution in [2.75, 3.05) is 0 Å². The zero-order chi connectivity index (χ0) is 33.9. The van der Waals surface area contributed by atoms with Gasteiger partial charge in [-0.25, -0.2) is 0 Å². The minimum absolute atomic E-state index is 0.179. The number of benzene rings is 4. The van der Waals surface area contributed by atoms with Gasteiger partial charge in [-0.1, -0.05) is 118 Å². The Bertz CT molecular complexity index is 1690. The van der Waals surface area contributed by atoms with E-state index in [2.05, 4.69) is 106 Å². The Labute approximate surface area is 275 Å². The number of phenols is 4. The van der Waals surface area contributed by atoms with Crippen molar-refractivity contribution in [3.63, 3.8) is 0 Å². The Balaban J connectivity index is 1.87. The molecule has 0 saturated carbocycles. The molecular weight excluding hydrogens is 568 g/mol. The van der Waals surface area contributed by atoms with E-state index in [1.54, 1.807) is 0 Å². The number of aryl methyl sites for hydroxylation is 1. The molecule has 0 aliphatic heterocycles. The Kier molecular flexibility index (Phi) is 8.51. The average Bonchev–Trinajstić information content (AvgIpc) is 2.94. The predicted octanol–water partition coefficient (Wildman–Crippen LogP) is 9.64. The van der Waals surface area contributed by atoms with Crippen LogP contribution in [0.2, 0.25) is 0 Å². The van der Waals surface area contributed by atoms with E-state index in [0.29, 0.717) is 25.7 Å². The van der Waals surface area contributed by atoms with Gasteiger partial charge in [-0.2, -0.15) is 0 Å². The lowest BCUT2D eigenvalue weighted by molar-refractivity contribution is 0.449. The van der Waals surface area contributed by atoms with Gasteiger partial charge in [0.1, 0.15) is 23.0 Å². The fourth-order valence-corrected chi connectivity index (χ4v) is 6.51. The number of aromatic hydroxyl groups is 4. The van der Waals surface area contributed by atoms with Gasteiger partial charge in [0.05, 0.1) is 0 Å². The maximum absolute atomic E-state index is 11.9. The Morgan fingerprint density at radius 2 is 0.587 bits per heavy atom. The maximum Gasteiger partial charge on any atom is 0.122 e. The molecule has 0 amide bonds. The van der Waals surface area contributed by atoms with E-state index in [4.69, 9.17) is 0 Å². The second kappa shape index (κ2) is 11.7. The normalized spacial score (nSPS) is 14.0. The molecule has 4 aromatic carbocycles. The van der Waals surface area contributed by atoms with Crippen molar-refractivity contribution in [1.29, 1.82) is 0 Å². The van der Waals surface area contributed by atoms with E-state index in [9.17, 15) is 20.4 Å². The van der Waals surface area contributed by atoms with Gasteiger partial charge in [0.2, 0.25) is 0 Å². The predicted molar refractivity (Wildman–Crippen MR) is 189 cm³/mol. The average molecular weight is 621 g/mol. The van der Waals surface area contributed by atoms with Crippen molar-refractivity contribution in [2.45, 2.75) is 118 Å². The monoisotopic (exact) mass is 620 g/mol. The summed E-state index contributed by atoms with van der Waals surface area (Å²) in [5.41, 5.74) is 9.78. The minimum atomic E-state index is -0.184. The summed E-state index contributed by atoms with van der Waals surface area (Å²) in [5.74, 6) is 0.788. The molecule has 5 rings (SSSR count). The molecule has 46 heavy (non-hydrogen) atoms. The summed E-state index contributed by atoms with van der Waals surface area (Å²) in [6.45, 7) is 21.6. The largest absolute Gasteiger partial charge is 0.507 e. The first kappa shape index (κ1) is 33.4. The van der Waals surface area contributed by atoms with Gasteiger partial charge in [-0.3, -0.25) is 0 Å². The van der Waals surface area contributed by atoms with E-state index < -0.39 is 0 Å². The highest BCUT2D eigenvalue weighted by molar-refractivity contribution is 5.58. The number of hydrogen-bond acceptors (Lipinski definition) is 4. The molecule has 4 aromatic rings. The third-order valence-electron chi connectivity index (χ3n) is 9.66. The summed E-state index contributed by atoms with van der Waals surface area (Å²) in [6.07, 6.45) is 2.19. The second-order valence-corrected chi connectivity index (χ2v) is 16.5. The van der Waals surface area contributed by atoms with E-state index in [-0.39, 0.29) is 39.2 Å². The highest BCUT2D eigenvalue weighted by Crippen LogP contribution is 2.42. The molecule has 0 atom stereocenters. The van der Waals surface area contributed by atoms with Crippen LogP contribution in [-0.4, -0.2) is 20.4 Å². The fourth-order valence-electron chi connectivity index (χ4n) is 6.51. The zero-order valence-electron chi connectivity index (χ0n) is 29.4. The molecule has 0 spiro atoms. The Morgan fingerprint density at radius 1 is 0.391 bits per heavy atom. The summed E-state index contributed by atoms with van der Waals surface area (Å²) < 4.78 is 0. The van der Waals surface area contributed by atoms with Gasteiger partial charge >= 0.3 is 0 Å². The quantitative estimate of drug-likeness (QED) is 0.150. The van der Waals surface area contributed by atoms with Crippen LogP contribution < -0.4 is 0 Å². The van der Waals surface area contributed by atoms with Crippen LogP contribution in [0.25, 0.3) is 0 Å². The molecule has 244 valence electrons. The van der Waals surface area contributed by atoms with Gasteiger partial charge in [-0.15, -0.1) is 0 Å². The van der Waals surface area contributed by atoms with Crippen molar-refractivity contribution in [1.82, 2.24) is 0 Å². The minimum Gasteiger partial charge on any atom is -0.507 e. The van der Waals surface area contributed by atoms with E-state index in [1.807, 2.05) is 12.1 Å². The van der Waals surface area contributed by atoms with Gasteiger partial charge in [0, 0.05) is 25.7 Å². The molecule has 4 N–H and O–H groups in total. The van der Waals surface area contributed by atoms with Crippen LogP contribution in [0.15, 0.2) is 48.5 Å². The summed E-state index contributed by atoms with van der Waals surface area (Å²) in [5, 5.41) is 47.2. The van der Waals surface area contributed by atoms with Crippen LogP contribution in [-0.2, 0) is 48.3 Å². The fraction of sp³-hybridized carbons (Fsp3) is 0.429. The van der Waals surface area contributed by atoms with Crippen molar-refractivity contribution in [3.05, 3.63) is 115 Å². The molecule has 0 aromatic heterocycles. The summed E-state index contributed by atoms with van der Waals surface area (Å²) in [6, 6.07) is 16.4. The van der Waals surface area contributed by atoms with Crippen molar-refractivity contribution in [2.24, 2.45) is 0 Å². The molecule has 0 saturated heterocycles. The third kappa shape index (κ3) is 6.63. The Hall–Kier alpha value is -3.92. The molecular formula is C42H52O4. The molecule has 0 heterocycles. The molecule has 1 aliphatic rings. The molecule has 0 unspecified atom stereocenters. The van der Waals surface area contributed by atoms with Crippen molar-refractivity contribution in [3.8, 4) is 23.0 Å². The first-order valence-electron chi connectivity index (χ1n) is 16.7. The van der Waals surface area contributed by atoms with E-state index >= 15 is 0 Å². The highest BCUT2D eigenvalue weighted by Gasteiger charge is 2.26. The first-order chi connectivity index (χ1) is 21.3. The number of fused-ring (bicyclic) bond motifs is 8. The lowest BCUT2D eigenvalue weighted by Gasteiger charge is -2.26. The highest BCUT2D eigenvalue weighted by atomic mass is 16.3. The van der Waals surface area contributed by atoms with Gasteiger partial charge < -0.3 is 20.4 Å². The van der Waals surface area contributed by atoms with Crippen LogP contribution >= 0.6 is 0 Å². The van der Waals surface area contributed by atoms with Gasteiger partial charge in [0.25, 0.3) is 0 Å². The molecule has 8 bridgehead atoms. The standard InChI is InChI=1S/C42H52O4/c1-11-24-12-25-14-27-18-33(40(2,3)4)20-29(37(27)44)16-31-22-35(42(8,9)10)23-32(39(31)46)17-30-21-34(41(5,6)7)19-28(38(30)45)15-26(13-24)36(25)43/h12-13,18-23,43-46H,11,14-17H2,1-10H3. The zero-order valence-corrected chi connectivity index (χ0v) is 29.4. The SMILES string of the molecule is CCc1cc2c(O)c(c1)Cc1cc(C(C)(C)C)cc(c1O)Cc1cc(C(C)(C)C)cc(c1O)Cc1cc(C(C)(C)C)cc(c1O)C2. The van der Waals surface area contributed by atoms with Crippen LogP contribution in [0, 0.1) is 0 Å². The molecule has 4 heteroatoms. The van der Waals surface area contributed by atoms with Gasteiger partial charge in [0.15, 0.2) is 0 Å². The first-order valence-corrected chi connectivity index (χ1v) is 16.7. The summed E-state index contributed by atoms with van der Waals surface area (Å²) in [4.78, 5) is 0. The molecule has 4 nitrogen and oxygen atoms in total. The van der Waals surface area contributed by atoms with Crippen LogP contribution in [0.3, 0.4) is 0 Å². The topological polar surface area (TPSA) is 80.9 Å². The van der Waals surface area contributed by atoms with E-state index in [1.165, 1.54) is 0 Å². The lowest BCUT2D eigenvalue weighted by Crippen LogP contribution is -2.15. The molecule has 0 fully saturated rings. The molecule has 0 radical (unpaired) electrons. The van der Waals surface area contributed by atoms with Crippen molar-refractivity contribution < 1.29 is 20.4 Å². The molecule has 1 aliphatic carbocycles. The maximum atomic E-state index is 11.9. The smallest absolute Gasteiger partial charge is 0.122 e. The van der Waals surface area contributed by atoms with E-state index in [0.717, 1.165) is 73.2 Å². The van der Waals surface area contributed by atoms with Crippen LogP contribution in [0.5, 0.6) is 23.0 Å². The Morgan fingerprint density at radius 3 is 0.761 bits per heavy atom. The third-order valence-corrected chi connectivity index (χ3v) is 9.66. The number of hydrogen-bond donors (Lipinski definition) is 4.